The summed E-state index contributed by atoms with van der Waals surface area (Å²) in [7, 11) is 0. The number of hydrogen-bond acceptors (Lipinski definition) is 6. The zero-order valence-corrected chi connectivity index (χ0v) is 13.6. The van der Waals surface area contributed by atoms with Crippen LogP contribution >= 0.6 is 0 Å². The van der Waals surface area contributed by atoms with Crippen LogP contribution in [-0.2, 0) is 4.79 Å². The maximum Gasteiger partial charge on any atom is 0.243 e. The third-order valence-corrected chi connectivity index (χ3v) is 4.26. The van der Waals surface area contributed by atoms with Crippen LogP contribution in [0.2, 0.25) is 0 Å². The standard InChI is InChI=1S/C17H21N5O2/c1-13(16(24)20-17-18-7-2-8-19-17)21-9-11-22(12-10-21)14-3-5-15(23)6-4-14/h2-8,13,23H,9-12H2,1H3,(H,18,19,20,24). The third-order valence-electron chi connectivity index (χ3n) is 4.26. The van der Waals surface area contributed by atoms with E-state index in [1.165, 1.54) is 0 Å². The zero-order valence-electron chi connectivity index (χ0n) is 13.6. The first-order valence-corrected chi connectivity index (χ1v) is 7.99. The lowest BCUT2D eigenvalue weighted by molar-refractivity contribution is -0.120. The van der Waals surface area contributed by atoms with E-state index in [1.54, 1.807) is 30.6 Å². The lowest BCUT2D eigenvalue weighted by Crippen LogP contribution is -2.52. The molecule has 126 valence electrons. The molecule has 1 aromatic heterocycles. The summed E-state index contributed by atoms with van der Waals surface area (Å²) in [4.78, 5) is 24.8. The number of piperazine rings is 1. The van der Waals surface area contributed by atoms with Crippen LogP contribution in [0.1, 0.15) is 6.92 Å². The molecule has 1 aliphatic heterocycles. The molecule has 0 bridgehead atoms. The second-order valence-corrected chi connectivity index (χ2v) is 5.78. The molecule has 3 rings (SSSR count). The Hall–Kier alpha value is -2.67. The van der Waals surface area contributed by atoms with Crippen molar-refractivity contribution >= 4 is 17.5 Å². The largest absolute Gasteiger partial charge is 0.508 e. The fourth-order valence-corrected chi connectivity index (χ4v) is 2.77. The lowest BCUT2D eigenvalue weighted by Gasteiger charge is -2.38. The van der Waals surface area contributed by atoms with Gasteiger partial charge in [-0.15, -0.1) is 0 Å². The van der Waals surface area contributed by atoms with Crippen LogP contribution in [0.4, 0.5) is 11.6 Å². The Morgan fingerprint density at radius 1 is 1.12 bits per heavy atom. The molecule has 1 aliphatic rings. The first-order valence-electron chi connectivity index (χ1n) is 7.99. The second kappa shape index (κ2) is 7.27. The highest BCUT2D eigenvalue weighted by Crippen LogP contribution is 2.20. The van der Waals surface area contributed by atoms with Crippen molar-refractivity contribution in [2.45, 2.75) is 13.0 Å². The minimum atomic E-state index is -0.240. The van der Waals surface area contributed by atoms with Crippen LogP contribution in [0.15, 0.2) is 42.7 Å². The Balaban J connectivity index is 1.54. The average molecular weight is 327 g/mol. The van der Waals surface area contributed by atoms with Crippen LogP contribution < -0.4 is 10.2 Å². The number of amides is 1. The molecule has 24 heavy (non-hydrogen) atoms. The second-order valence-electron chi connectivity index (χ2n) is 5.78. The molecular weight excluding hydrogens is 306 g/mol. The van der Waals surface area contributed by atoms with Crippen LogP contribution in [0.3, 0.4) is 0 Å². The SMILES string of the molecule is CC(C(=O)Nc1ncccn1)N1CCN(c2ccc(O)cc2)CC1. The fourth-order valence-electron chi connectivity index (χ4n) is 2.77. The normalized spacial score (nSPS) is 16.6. The Bertz CT molecular complexity index is 669. The molecule has 1 saturated heterocycles. The van der Waals surface area contributed by atoms with Gasteiger partial charge in [-0.1, -0.05) is 0 Å². The van der Waals surface area contributed by atoms with Gasteiger partial charge in [0.25, 0.3) is 0 Å². The Morgan fingerprint density at radius 2 is 1.75 bits per heavy atom. The molecule has 1 unspecified atom stereocenters. The van der Waals surface area contributed by atoms with E-state index < -0.39 is 0 Å². The summed E-state index contributed by atoms with van der Waals surface area (Å²) in [6, 6.07) is 8.68. The molecule has 1 amide bonds. The maximum absolute atomic E-state index is 12.3. The van der Waals surface area contributed by atoms with Gasteiger partial charge < -0.3 is 10.0 Å². The first-order chi connectivity index (χ1) is 11.6. The number of rotatable bonds is 4. The number of carbonyl (C=O) groups is 1. The highest BCUT2D eigenvalue weighted by atomic mass is 16.3. The molecule has 0 aliphatic carbocycles. The molecule has 1 fully saturated rings. The smallest absolute Gasteiger partial charge is 0.243 e. The van der Waals surface area contributed by atoms with Crippen LogP contribution in [0.25, 0.3) is 0 Å². The van der Waals surface area contributed by atoms with Crippen molar-refractivity contribution in [3.63, 3.8) is 0 Å². The van der Waals surface area contributed by atoms with Gasteiger partial charge in [0.2, 0.25) is 11.9 Å². The molecule has 7 nitrogen and oxygen atoms in total. The van der Waals surface area contributed by atoms with E-state index in [2.05, 4.69) is 25.1 Å². The quantitative estimate of drug-likeness (QED) is 0.882. The monoisotopic (exact) mass is 327 g/mol. The van der Waals surface area contributed by atoms with Crippen molar-refractivity contribution in [3.8, 4) is 5.75 Å². The van der Waals surface area contributed by atoms with Crippen molar-refractivity contribution in [2.24, 2.45) is 0 Å². The Kier molecular flexibility index (Phi) is 4.90. The molecule has 0 saturated carbocycles. The molecule has 7 heteroatoms. The van der Waals surface area contributed by atoms with Crippen molar-refractivity contribution in [3.05, 3.63) is 42.7 Å². The number of anilines is 2. The molecule has 2 N–H and O–H groups in total. The van der Waals surface area contributed by atoms with Gasteiger partial charge in [0.1, 0.15) is 5.75 Å². The van der Waals surface area contributed by atoms with Crippen LogP contribution in [-0.4, -0.2) is 58.1 Å². The predicted molar refractivity (Wildman–Crippen MR) is 92.0 cm³/mol. The molecule has 1 aromatic carbocycles. The van der Waals surface area contributed by atoms with Crippen molar-refractivity contribution in [1.29, 1.82) is 0 Å². The van der Waals surface area contributed by atoms with E-state index in [-0.39, 0.29) is 17.7 Å². The zero-order chi connectivity index (χ0) is 16.9. The van der Waals surface area contributed by atoms with Crippen molar-refractivity contribution in [2.75, 3.05) is 36.4 Å². The van der Waals surface area contributed by atoms with E-state index in [9.17, 15) is 9.90 Å². The number of nitrogens with one attached hydrogen (secondary N) is 1. The number of aromatic hydroxyl groups is 1. The minimum Gasteiger partial charge on any atom is -0.508 e. The number of nitrogens with zero attached hydrogens (tertiary/aromatic N) is 4. The first kappa shape index (κ1) is 16.2. The Labute approximate surface area is 141 Å². The summed E-state index contributed by atoms with van der Waals surface area (Å²) >= 11 is 0. The van der Waals surface area contributed by atoms with Gasteiger partial charge >= 0.3 is 0 Å². The Morgan fingerprint density at radius 3 is 2.38 bits per heavy atom. The lowest BCUT2D eigenvalue weighted by atomic mass is 10.2. The third kappa shape index (κ3) is 3.80. The van der Waals surface area contributed by atoms with Gasteiger partial charge in [-0.2, -0.15) is 0 Å². The number of phenolic OH excluding ortho intramolecular Hbond substituents is 1. The van der Waals surface area contributed by atoms with Gasteiger partial charge in [-0.25, -0.2) is 9.97 Å². The topological polar surface area (TPSA) is 81.6 Å². The summed E-state index contributed by atoms with van der Waals surface area (Å²) < 4.78 is 0. The van der Waals surface area contributed by atoms with Crippen LogP contribution in [0.5, 0.6) is 5.75 Å². The number of phenols is 1. The maximum atomic E-state index is 12.3. The number of hydrogen-bond donors (Lipinski definition) is 2. The van der Waals surface area contributed by atoms with Gasteiger partial charge in [0, 0.05) is 44.3 Å². The summed E-state index contributed by atoms with van der Waals surface area (Å²) in [5.74, 6) is 0.502. The van der Waals surface area contributed by atoms with Crippen molar-refractivity contribution in [1.82, 2.24) is 14.9 Å². The highest BCUT2D eigenvalue weighted by Gasteiger charge is 2.26. The fraction of sp³-hybridized carbons (Fsp3) is 0.353. The summed E-state index contributed by atoms with van der Waals surface area (Å²) in [6.07, 6.45) is 3.20. The van der Waals surface area contributed by atoms with Gasteiger partial charge in [0.05, 0.1) is 6.04 Å². The molecule has 2 heterocycles. The van der Waals surface area contributed by atoms with E-state index >= 15 is 0 Å². The van der Waals surface area contributed by atoms with Gasteiger partial charge in [-0.05, 0) is 37.3 Å². The molecule has 1 atom stereocenters. The molecule has 2 aromatic rings. The van der Waals surface area contributed by atoms with Gasteiger partial charge in [0.15, 0.2) is 0 Å². The van der Waals surface area contributed by atoms with E-state index in [0.717, 1.165) is 31.9 Å². The number of aromatic nitrogens is 2. The van der Waals surface area contributed by atoms with Gasteiger partial charge in [-0.3, -0.25) is 15.0 Å². The van der Waals surface area contributed by atoms with E-state index in [0.29, 0.717) is 5.95 Å². The molecule has 0 radical (unpaired) electrons. The summed E-state index contributed by atoms with van der Waals surface area (Å²) in [5.41, 5.74) is 1.09. The number of carbonyl (C=O) groups excluding carboxylic acids is 1. The highest BCUT2D eigenvalue weighted by molar-refractivity contribution is 5.93. The minimum absolute atomic E-state index is 0.0979. The average Bonchev–Trinajstić information content (AvgIpc) is 2.63. The number of benzene rings is 1. The van der Waals surface area contributed by atoms with E-state index in [1.807, 2.05) is 19.1 Å². The van der Waals surface area contributed by atoms with E-state index in [4.69, 9.17) is 0 Å². The summed E-state index contributed by atoms with van der Waals surface area (Å²) in [6.45, 7) is 5.17. The summed E-state index contributed by atoms with van der Waals surface area (Å²) in [5, 5.41) is 12.1. The molecule has 0 spiro atoms. The molecular formula is C17H21N5O2. The van der Waals surface area contributed by atoms with Crippen LogP contribution in [0, 0.1) is 0 Å². The predicted octanol–water partition coefficient (Wildman–Crippen LogP) is 1.33. The van der Waals surface area contributed by atoms with Crippen molar-refractivity contribution < 1.29 is 9.90 Å².